The topological polar surface area (TPSA) is 53.0 Å². The van der Waals surface area contributed by atoms with Crippen molar-refractivity contribution in [1.29, 1.82) is 0 Å². The summed E-state index contributed by atoms with van der Waals surface area (Å²) >= 11 is 3.06. The van der Waals surface area contributed by atoms with Crippen LogP contribution in [0.15, 0.2) is 46.7 Å². The van der Waals surface area contributed by atoms with Gasteiger partial charge in [0.05, 0.1) is 15.5 Å². The Labute approximate surface area is 155 Å². The standard InChI is InChI=1S/C17H21FN2O3S2/c1-4-5-6-20-8-7-19(2)25-15-10-14(16(24-3)9-13(15)20)23-11-12(18)17(21)22/h4,9-11H,1,5-8H2,2-3H3,(H,21,22)/b12-11-. The summed E-state index contributed by atoms with van der Waals surface area (Å²) in [5.74, 6) is -2.54. The summed E-state index contributed by atoms with van der Waals surface area (Å²) in [5, 5.41) is 8.61. The van der Waals surface area contributed by atoms with Crippen molar-refractivity contribution in [2.75, 3.05) is 37.8 Å². The number of carboxylic acids is 1. The highest BCUT2D eigenvalue weighted by Crippen LogP contribution is 2.42. The molecular weight excluding hydrogens is 363 g/mol. The van der Waals surface area contributed by atoms with Gasteiger partial charge in [0.15, 0.2) is 0 Å². The van der Waals surface area contributed by atoms with Crippen LogP contribution in [-0.2, 0) is 4.79 Å². The lowest BCUT2D eigenvalue weighted by atomic mass is 10.2. The Bertz CT molecular complexity index is 682. The maximum atomic E-state index is 13.2. The lowest BCUT2D eigenvalue weighted by Crippen LogP contribution is -2.29. The second-order valence-corrected chi connectivity index (χ2v) is 7.46. The largest absolute Gasteiger partial charge is 0.476 e. The fourth-order valence-electron chi connectivity index (χ4n) is 2.34. The quantitative estimate of drug-likeness (QED) is 0.250. The molecule has 1 N–H and O–H groups in total. The molecule has 25 heavy (non-hydrogen) atoms. The van der Waals surface area contributed by atoms with E-state index in [0.717, 1.165) is 41.5 Å². The molecule has 0 amide bonds. The summed E-state index contributed by atoms with van der Waals surface area (Å²) in [6, 6.07) is 3.84. The van der Waals surface area contributed by atoms with Crippen LogP contribution in [0.5, 0.6) is 5.75 Å². The average molecular weight is 384 g/mol. The van der Waals surface area contributed by atoms with E-state index in [-0.39, 0.29) is 0 Å². The Morgan fingerprint density at radius 1 is 1.52 bits per heavy atom. The van der Waals surface area contributed by atoms with E-state index in [0.29, 0.717) is 12.0 Å². The van der Waals surface area contributed by atoms with E-state index in [1.54, 1.807) is 11.9 Å². The van der Waals surface area contributed by atoms with E-state index >= 15 is 0 Å². The number of carboxylic acid groups (broad SMARTS) is 1. The number of thioether (sulfide) groups is 1. The first kappa shape index (κ1) is 19.7. The van der Waals surface area contributed by atoms with Gasteiger partial charge in [0.1, 0.15) is 12.0 Å². The monoisotopic (exact) mass is 384 g/mol. The molecule has 1 heterocycles. The van der Waals surface area contributed by atoms with E-state index in [4.69, 9.17) is 9.84 Å². The number of hydrogen-bond acceptors (Lipinski definition) is 6. The van der Waals surface area contributed by atoms with Crippen LogP contribution in [0.1, 0.15) is 6.42 Å². The molecule has 1 aromatic rings. The minimum absolute atomic E-state index is 0.439. The van der Waals surface area contributed by atoms with Gasteiger partial charge in [-0.3, -0.25) is 0 Å². The second-order valence-electron chi connectivity index (χ2n) is 5.37. The molecule has 0 spiro atoms. The van der Waals surface area contributed by atoms with Crippen LogP contribution < -0.4 is 9.64 Å². The molecular formula is C17H21FN2O3S2. The SMILES string of the molecule is C=CCCN1CCN(C)Sc2cc(O/C=C(\F)C(=O)O)c(SC)cc21. The number of hydrogen-bond donors (Lipinski definition) is 1. The smallest absolute Gasteiger partial charge is 0.368 e. The number of halogens is 1. The van der Waals surface area contributed by atoms with Gasteiger partial charge in [0.2, 0.25) is 5.83 Å². The Morgan fingerprint density at radius 2 is 2.28 bits per heavy atom. The molecule has 0 radical (unpaired) electrons. The van der Waals surface area contributed by atoms with E-state index in [9.17, 15) is 9.18 Å². The van der Waals surface area contributed by atoms with Crippen molar-refractivity contribution in [3.8, 4) is 5.75 Å². The zero-order chi connectivity index (χ0) is 18.4. The first-order chi connectivity index (χ1) is 12.0. The van der Waals surface area contributed by atoms with Gasteiger partial charge in [-0.2, -0.15) is 4.39 Å². The Balaban J connectivity index is 2.39. The number of benzene rings is 1. The van der Waals surface area contributed by atoms with Crippen molar-refractivity contribution >= 4 is 35.4 Å². The van der Waals surface area contributed by atoms with Crippen LogP contribution in [0.3, 0.4) is 0 Å². The number of likely N-dealkylation sites (N-methyl/N-ethyl adjacent to an activating group) is 1. The molecule has 136 valence electrons. The van der Waals surface area contributed by atoms with Gasteiger partial charge in [0, 0.05) is 19.6 Å². The average Bonchev–Trinajstić information content (AvgIpc) is 2.74. The molecule has 8 heteroatoms. The van der Waals surface area contributed by atoms with Gasteiger partial charge < -0.3 is 14.7 Å². The first-order valence-corrected chi connectivity index (χ1v) is 9.68. The minimum atomic E-state index is -1.65. The Kier molecular flexibility index (Phi) is 7.22. The zero-order valence-corrected chi connectivity index (χ0v) is 15.8. The van der Waals surface area contributed by atoms with Crippen LogP contribution in [0.4, 0.5) is 10.1 Å². The van der Waals surface area contributed by atoms with Crippen LogP contribution in [0.25, 0.3) is 0 Å². The van der Waals surface area contributed by atoms with Crippen LogP contribution in [-0.4, -0.2) is 48.3 Å². The highest BCUT2D eigenvalue weighted by atomic mass is 32.2. The summed E-state index contributed by atoms with van der Waals surface area (Å²) in [5.41, 5.74) is 1.09. The van der Waals surface area contributed by atoms with Crippen LogP contribution in [0.2, 0.25) is 0 Å². The molecule has 0 bridgehead atoms. The van der Waals surface area contributed by atoms with Crippen molar-refractivity contribution in [2.24, 2.45) is 0 Å². The molecule has 0 atom stereocenters. The molecule has 0 aliphatic carbocycles. The second kappa shape index (κ2) is 9.17. The molecule has 0 unspecified atom stereocenters. The molecule has 2 rings (SSSR count). The van der Waals surface area contributed by atoms with Crippen molar-refractivity contribution in [2.45, 2.75) is 16.2 Å². The summed E-state index contributed by atoms with van der Waals surface area (Å²) < 4.78 is 20.6. The zero-order valence-electron chi connectivity index (χ0n) is 14.2. The van der Waals surface area contributed by atoms with Crippen LogP contribution >= 0.6 is 23.7 Å². The molecule has 0 saturated heterocycles. The summed E-state index contributed by atoms with van der Waals surface area (Å²) in [7, 11) is 2.01. The number of fused-ring (bicyclic) bond motifs is 1. The maximum absolute atomic E-state index is 13.2. The summed E-state index contributed by atoms with van der Waals surface area (Å²) in [4.78, 5) is 14.7. The lowest BCUT2D eigenvalue weighted by Gasteiger charge is -2.24. The molecule has 1 aromatic carbocycles. The normalized spacial score (nSPS) is 15.5. The fourth-order valence-corrected chi connectivity index (χ4v) is 3.83. The van der Waals surface area contributed by atoms with Gasteiger partial charge in [-0.05, 0) is 43.8 Å². The highest BCUT2D eigenvalue weighted by Gasteiger charge is 2.21. The van der Waals surface area contributed by atoms with Crippen molar-refractivity contribution in [3.05, 3.63) is 36.9 Å². The van der Waals surface area contributed by atoms with Crippen molar-refractivity contribution in [1.82, 2.24) is 4.31 Å². The fraction of sp³-hybridized carbons (Fsp3) is 0.353. The highest BCUT2D eigenvalue weighted by molar-refractivity contribution is 7.98. The molecule has 0 fully saturated rings. The third-order valence-electron chi connectivity index (χ3n) is 3.62. The number of nitrogens with zero attached hydrogens (tertiary/aromatic N) is 2. The van der Waals surface area contributed by atoms with Gasteiger partial charge in [-0.1, -0.05) is 6.08 Å². The van der Waals surface area contributed by atoms with Gasteiger partial charge >= 0.3 is 5.97 Å². The molecule has 5 nitrogen and oxygen atoms in total. The van der Waals surface area contributed by atoms with Gasteiger partial charge in [0.25, 0.3) is 0 Å². The number of rotatable bonds is 7. The molecule has 0 aromatic heterocycles. The van der Waals surface area contributed by atoms with E-state index < -0.39 is 11.8 Å². The predicted octanol–water partition coefficient (Wildman–Crippen LogP) is 4.02. The Hall–Kier alpha value is -1.64. The van der Waals surface area contributed by atoms with E-state index in [1.807, 2.05) is 31.5 Å². The minimum Gasteiger partial charge on any atom is -0.476 e. The van der Waals surface area contributed by atoms with Gasteiger partial charge in [-0.25, -0.2) is 9.10 Å². The number of anilines is 1. The van der Waals surface area contributed by atoms with Crippen molar-refractivity contribution in [3.63, 3.8) is 0 Å². The summed E-state index contributed by atoms with van der Waals surface area (Å²) in [6.07, 6.45) is 5.31. The summed E-state index contributed by atoms with van der Waals surface area (Å²) in [6.45, 7) is 6.45. The van der Waals surface area contributed by atoms with E-state index in [1.165, 1.54) is 11.8 Å². The van der Waals surface area contributed by atoms with Gasteiger partial charge in [-0.15, -0.1) is 18.3 Å². The molecule has 1 aliphatic rings. The molecule has 0 saturated carbocycles. The number of aliphatic carboxylic acids is 1. The third-order valence-corrected chi connectivity index (χ3v) is 5.40. The van der Waals surface area contributed by atoms with E-state index in [2.05, 4.69) is 15.8 Å². The third kappa shape index (κ3) is 5.17. The number of ether oxygens (including phenoxy) is 1. The van der Waals surface area contributed by atoms with Crippen LogP contribution in [0, 0.1) is 0 Å². The maximum Gasteiger partial charge on any atom is 0.368 e. The Morgan fingerprint density at radius 3 is 2.92 bits per heavy atom. The van der Waals surface area contributed by atoms with Crippen molar-refractivity contribution < 1.29 is 19.0 Å². The predicted molar refractivity (Wildman–Crippen MR) is 101 cm³/mol. The molecule has 1 aliphatic heterocycles. The lowest BCUT2D eigenvalue weighted by molar-refractivity contribution is -0.134. The first-order valence-electron chi connectivity index (χ1n) is 7.68. The number of carbonyl (C=O) groups is 1.